The van der Waals surface area contributed by atoms with Crippen molar-refractivity contribution in [3.05, 3.63) is 52.5 Å². The molecular weight excluding hydrogens is 470 g/mol. The van der Waals surface area contributed by atoms with Crippen LogP contribution in [0, 0.1) is 6.92 Å². The van der Waals surface area contributed by atoms with Crippen LogP contribution < -0.4 is 19.7 Å². The summed E-state index contributed by atoms with van der Waals surface area (Å²) in [4.78, 5) is 41.7. The van der Waals surface area contributed by atoms with Gasteiger partial charge in [0.05, 0.1) is 10.7 Å². The molecule has 4 rings (SSSR count). The summed E-state index contributed by atoms with van der Waals surface area (Å²) < 4.78 is 11.1. The van der Waals surface area contributed by atoms with Gasteiger partial charge >= 0.3 is 0 Å². The Morgan fingerprint density at radius 2 is 1.91 bits per heavy atom. The van der Waals surface area contributed by atoms with Gasteiger partial charge in [-0.2, -0.15) is 0 Å². The van der Waals surface area contributed by atoms with Crippen LogP contribution in [0.3, 0.4) is 0 Å². The third-order valence-corrected chi connectivity index (χ3v) is 6.48. The van der Waals surface area contributed by atoms with E-state index >= 15 is 0 Å². The van der Waals surface area contributed by atoms with Crippen LogP contribution in [0.1, 0.15) is 35.2 Å². The second kappa shape index (κ2) is 11.6. The minimum Gasteiger partial charge on any atom is -0.484 e. The zero-order valence-electron chi connectivity index (χ0n) is 19.8. The van der Waals surface area contributed by atoms with Gasteiger partial charge in [0.15, 0.2) is 19.0 Å². The zero-order chi connectivity index (χ0) is 24.8. The number of hydrogen-bond donors (Lipinski definition) is 1. The van der Waals surface area contributed by atoms with Crippen molar-refractivity contribution in [1.29, 1.82) is 0 Å². The molecule has 0 unspecified atom stereocenters. The number of amides is 2. The van der Waals surface area contributed by atoms with E-state index in [1.54, 1.807) is 30.3 Å². The summed E-state index contributed by atoms with van der Waals surface area (Å²) >= 11 is 6.15. The van der Waals surface area contributed by atoms with E-state index in [0.717, 1.165) is 25.2 Å². The van der Waals surface area contributed by atoms with Crippen molar-refractivity contribution in [2.45, 2.75) is 26.2 Å². The Bertz CT molecular complexity index is 1100. The molecule has 2 aliphatic rings. The van der Waals surface area contributed by atoms with Gasteiger partial charge in [0.25, 0.3) is 5.91 Å². The number of hydrogen-bond acceptors (Lipinski definition) is 6. The molecule has 186 valence electrons. The lowest BCUT2D eigenvalue weighted by Crippen LogP contribution is -2.46. The van der Waals surface area contributed by atoms with E-state index < -0.39 is 0 Å². The fourth-order valence-corrected chi connectivity index (χ4v) is 4.40. The number of aryl methyl sites for hydroxylation is 1. The van der Waals surface area contributed by atoms with Gasteiger partial charge in [0.2, 0.25) is 5.91 Å². The number of carbonyl (C=O) groups is 3. The molecule has 9 heteroatoms. The summed E-state index contributed by atoms with van der Waals surface area (Å²) in [5, 5.41) is 3.32. The molecule has 0 saturated carbocycles. The summed E-state index contributed by atoms with van der Waals surface area (Å²) in [6.45, 7) is 4.84. The molecule has 2 aromatic rings. The van der Waals surface area contributed by atoms with Gasteiger partial charge in [-0.15, -0.1) is 0 Å². The van der Waals surface area contributed by atoms with Crippen molar-refractivity contribution < 1.29 is 23.9 Å². The number of Topliss-reactive ketones (excluding diaryl/α,β-unsaturated/α-hetero) is 1. The topological polar surface area (TPSA) is 88.2 Å². The predicted octanol–water partition coefficient (Wildman–Crippen LogP) is 3.24. The van der Waals surface area contributed by atoms with Gasteiger partial charge in [-0.1, -0.05) is 24.1 Å². The summed E-state index contributed by atoms with van der Waals surface area (Å²) in [6.07, 6.45) is 3.64. The van der Waals surface area contributed by atoms with E-state index in [2.05, 4.69) is 10.2 Å². The third kappa shape index (κ3) is 6.52. The first kappa shape index (κ1) is 25.0. The molecule has 1 saturated heterocycles. The molecule has 2 aliphatic heterocycles. The highest BCUT2D eigenvalue weighted by Crippen LogP contribution is 2.33. The fourth-order valence-electron chi connectivity index (χ4n) is 4.23. The molecular formula is C26H30ClN3O5. The van der Waals surface area contributed by atoms with Crippen molar-refractivity contribution in [2.75, 3.05) is 50.8 Å². The van der Waals surface area contributed by atoms with E-state index in [1.807, 2.05) is 13.0 Å². The maximum atomic E-state index is 12.8. The number of ketones is 1. The van der Waals surface area contributed by atoms with E-state index in [4.69, 9.17) is 21.1 Å². The van der Waals surface area contributed by atoms with Crippen molar-refractivity contribution in [1.82, 2.24) is 10.2 Å². The van der Waals surface area contributed by atoms with Crippen LogP contribution in [0.4, 0.5) is 5.69 Å². The van der Waals surface area contributed by atoms with Crippen LogP contribution in [0.5, 0.6) is 11.5 Å². The number of halogens is 1. The van der Waals surface area contributed by atoms with Crippen LogP contribution in [-0.4, -0.2) is 68.4 Å². The van der Waals surface area contributed by atoms with Gasteiger partial charge in [-0.05, 0) is 68.8 Å². The summed E-state index contributed by atoms with van der Waals surface area (Å²) in [7, 11) is 0. The van der Waals surface area contributed by atoms with Crippen molar-refractivity contribution in [3.8, 4) is 11.5 Å². The largest absolute Gasteiger partial charge is 0.484 e. The number of ether oxygens (including phenoxy) is 2. The number of fused-ring (bicyclic) bond motifs is 1. The van der Waals surface area contributed by atoms with Crippen LogP contribution in [0.25, 0.3) is 0 Å². The summed E-state index contributed by atoms with van der Waals surface area (Å²) in [5.74, 6) is 0.00649. The Balaban J connectivity index is 1.38. The van der Waals surface area contributed by atoms with Crippen molar-refractivity contribution in [2.24, 2.45) is 0 Å². The number of nitrogens with one attached hydrogen (secondary N) is 1. The Morgan fingerprint density at radius 1 is 1.11 bits per heavy atom. The molecule has 1 N–H and O–H groups in total. The number of nitrogens with zero attached hydrogens (tertiary/aromatic N) is 2. The normalized spacial score (nSPS) is 15.8. The predicted molar refractivity (Wildman–Crippen MR) is 134 cm³/mol. The second-order valence-corrected chi connectivity index (χ2v) is 9.26. The molecule has 0 aliphatic carbocycles. The molecule has 2 heterocycles. The smallest absolute Gasteiger partial charge is 0.265 e. The number of benzene rings is 2. The molecule has 2 amide bonds. The highest BCUT2D eigenvalue weighted by Gasteiger charge is 2.28. The van der Waals surface area contributed by atoms with Gasteiger partial charge in [0, 0.05) is 18.7 Å². The molecule has 2 aromatic carbocycles. The molecule has 0 spiro atoms. The van der Waals surface area contributed by atoms with Crippen LogP contribution in [-0.2, 0) is 9.59 Å². The molecule has 1 fully saturated rings. The molecule has 8 nitrogen and oxygen atoms in total. The average molecular weight is 500 g/mol. The fraction of sp³-hybridized carbons (Fsp3) is 0.423. The summed E-state index contributed by atoms with van der Waals surface area (Å²) in [5.41, 5.74) is 1.71. The molecule has 0 radical (unpaired) electrons. The number of anilines is 1. The number of rotatable bonds is 9. The van der Waals surface area contributed by atoms with E-state index in [0.29, 0.717) is 34.3 Å². The average Bonchev–Trinajstić information content (AvgIpc) is 2.86. The molecule has 0 atom stereocenters. The molecule has 0 bridgehead atoms. The maximum Gasteiger partial charge on any atom is 0.265 e. The highest BCUT2D eigenvalue weighted by atomic mass is 35.5. The first-order valence-electron chi connectivity index (χ1n) is 11.9. The first-order chi connectivity index (χ1) is 16.9. The minimum atomic E-state index is -0.337. The Kier molecular flexibility index (Phi) is 8.25. The molecule has 0 aromatic heterocycles. The van der Waals surface area contributed by atoms with Crippen LogP contribution >= 0.6 is 11.6 Å². The quantitative estimate of drug-likeness (QED) is 0.533. The first-order valence-corrected chi connectivity index (χ1v) is 12.3. The van der Waals surface area contributed by atoms with Gasteiger partial charge in [0.1, 0.15) is 18.0 Å². The van der Waals surface area contributed by atoms with Gasteiger partial charge in [-0.25, -0.2) is 0 Å². The standard InChI is InChI=1S/C26H30ClN3O5/c1-18-5-7-20(27)24(13-18)34-16-22(31)19-6-8-23-21(14-19)30(26(33)17-35-23)15-25(32)28-9-12-29-10-3-2-4-11-29/h5-8,13-14H,2-4,9-12,15-17H2,1H3,(H,28,32). The number of carbonyl (C=O) groups excluding carboxylic acids is 3. The van der Waals surface area contributed by atoms with Crippen molar-refractivity contribution >= 4 is 34.9 Å². The monoisotopic (exact) mass is 499 g/mol. The second-order valence-electron chi connectivity index (χ2n) is 8.85. The highest BCUT2D eigenvalue weighted by molar-refractivity contribution is 6.32. The van der Waals surface area contributed by atoms with Crippen molar-refractivity contribution in [3.63, 3.8) is 0 Å². The molecule has 35 heavy (non-hydrogen) atoms. The lowest BCUT2D eigenvalue weighted by molar-refractivity contribution is -0.125. The number of piperidine rings is 1. The zero-order valence-corrected chi connectivity index (χ0v) is 20.6. The lowest BCUT2D eigenvalue weighted by Gasteiger charge is -2.29. The Morgan fingerprint density at radius 3 is 2.71 bits per heavy atom. The Hall–Kier alpha value is -3.10. The van der Waals surface area contributed by atoms with Gasteiger partial charge in [-0.3, -0.25) is 19.3 Å². The van der Waals surface area contributed by atoms with Crippen LogP contribution in [0.15, 0.2) is 36.4 Å². The maximum absolute atomic E-state index is 12.8. The summed E-state index contributed by atoms with van der Waals surface area (Å²) in [6, 6.07) is 10.2. The third-order valence-electron chi connectivity index (χ3n) is 6.17. The van der Waals surface area contributed by atoms with E-state index in [1.165, 1.54) is 24.2 Å². The van der Waals surface area contributed by atoms with E-state index in [-0.39, 0.29) is 37.4 Å². The van der Waals surface area contributed by atoms with Gasteiger partial charge < -0.3 is 19.7 Å². The lowest BCUT2D eigenvalue weighted by atomic mass is 10.1. The Labute approximate surface area is 210 Å². The minimum absolute atomic E-state index is 0.137. The van der Waals surface area contributed by atoms with E-state index in [9.17, 15) is 14.4 Å². The number of likely N-dealkylation sites (tertiary alicyclic amines) is 1. The van der Waals surface area contributed by atoms with Crippen LogP contribution in [0.2, 0.25) is 5.02 Å². The SMILES string of the molecule is Cc1ccc(Cl)c(OCC(=O)c2ccc3c(c2)N(CC(=O)NCCN2CCCCC2)C(=O)CO3)c1.